The van der Waals surface area contributed by atoms with E-state index in [1.54, 1.807) is 6.08 Å². The Labute approximate surface area is 183 Å². The van der Waals surface area contributed by atoms with Gasteiger partial charge in [0.05, 0.1) is 5.52 Å². The predicted octanol–water partition coefficient (Wildman–Crippen LogP) is 3.15. The van der Waals surface area contributed by atoms with Gasteiger partial charge in [-0.25, -0.2) is 23.1 Å². The van der Waals surface area contributed by atoms with Gasteiger partial charge in [0.15, 0.2) is 5.82 Å². The summed E-state index contributed by atoms with van der Waals surface area (Å²) in [4.78, 5) is 9.01. The molecule has 0 saturated heterocycles. The number of rotatable bonds is 10. The lowest BCUT2D eigenvalue weighted by Gasteiger charge is -2.12. The van der Waals surface area contributed by atoms with E-state index in [0.717, 1.165) is 28.2 Å². The SMILES string of the molecule is CCOCc1nc2c(N)nc(C)c(C)c2n1CCCNS(=O)(=O)C=Cc1ccccc1. The number of nitrogens with zero attached hydrogens (tertiary/aromatic N) is 3. The quantitative estimate of drug-likeness (QED) is 0.466. The maximum absolute atomic E-state index is 12.3. The standard InChI is InChI=1S/C22H29N5O3S/c1-4-30-15-19-26-20-21(16(2)17(3)25-22(20)23)27(19)13-8-12-24-31(28,29)14-11-18-9-6-5-7-10-18/h5-7,9-11,14,24H,4,8,12-13,15H2,1-3H3,(H2,23,25). The minimum absolute atomic E-state index is 0.299. The largest absolute Gasteiger partial charge is 0.382 e. The van der Waals surface area contributed by atoms with E-state index in [4.69, 9.17) is 10.5 Å². The van der Waals surface area contributed by atoms with Crippen molar-refractivity contribution in [2.75, 3.05) is 18.9 Å². The zero-order valence-electron chi connectivity index (χ0n) is 18.1. The Kier molecular flexibility index (Phi) is 7.42. The number of anilines is 1. The number of nitrogens with two attached hydrogens (primary N) is 1. The minimum Gasteiger partial charge on any atom is -0.382 e. The number of nitrogen functional groups attached to an aromatic ring is 1. The number of fused-ring (bicyclic) bond motifs is 1. The summed E-state index contributed by atoms with van der Waals surface area (Å²) in [6, 6.07) is 9.31. The molecule has 9 heteroatoms. The summed E-state index contributed by atoms with van der Waals surface area (Å²) < 4.78 is 34.8. The molecule has 0 aliphatic rings. The van der Waals surface area contributed by atoms with Crippen LogP contribution in [-0.4, -0.2) is 36.1 Å². The van der Waals surface area contributed by atoms with E-state index in [2.05, 4.69) is 19.3 Å². The van der Waals surface area contributed by atoms with Crippen LogP contribution in [0.15, 0.2) is 35.7 Å². The molecule has 0 saturated carbocycles. The fourth-order valence-electron chi connectivity index (χ4n) is 3.32. The predicted molar refractivity (Wildman–Crippen MR) is 124 cm³/mol. The number of aromatic nitrogens is 3. The number of nitrogens with one attached hydrogen (secondary N) is 1. The second-order valence-electron chi connectivity index (χ2n) is 7.23. The Balaban J connectivity index is 1.72. The van der Waals surface area contributed by atoms with Crippen LogP contribution < -0.4 is 10.5 Å². The number of hydrogen-bond acceptors (Lipinski definition) is 6. The highest BCUT2D eigenvalue weighted by Crippen LogP contribution is 2.26. The molecular weight excluding hydrogens is 414 g/mol. The lowest BCUT2D eigenvalue weighted by atomic mass is 10.2. The van der Waals surface area contributed by atoms with Crippen molar-refractivity contribution < 1.29 is 13.2 Å². The molecular formula is C22H29N5O3S. The third-order valence-electron chi connectivity index (χ3n) is 5.01. The number of benzene rings is 1. The van der Waals surface area contributed by atoms with Gasteiger partial charge in [-0.3, -0.25) is 0 Å². The molecule has 1 aromatic carbocycles. The van der Waals surface area contributed by atoms with Crippen LogP contribution in [0.4, 0.5) is 5.82 Å². The lowest BCUT2D eigenvalue weighted by molar-refractivity contribution is 0.126. The van der Waals surface area contributed by atoms with Crippen molar-refractivity contribution in [2.24, 2.45) is 0 Å². The molecule has 2 aromatic heterocycles. The molecule has 0 aliphatic heterocycles. The number of ether oxygens (including phenoxy) is 1. The summed E-state index contributed by atoms with van der Waals surface area (Å²) in [5.41, 5.74) is 10.4. The zero-order valence-corrected chi connectivity index (χ0v) is 18.9. The van der Waals surface area contributed by atoms with Crippen molar-refractivity contribution in [1.82, 2.24) is 19.3 Å². The van der Waals surface area contributed by atoms with Gasteiger partial charge < -0.3 is 15.0 Å². The molecule has 3 rings (SSSR count). The molecule has 3 N–H and O–H groups in total. The van der Waals surface area contributed by atoms with Crippen LogP contribution >= 0.6 is 0 Å². The van der Waals surface area contributed by atoms with Gasteiger partial charge in [0.25, 0.3) is 0 Å². The number of pyridine rings is 1. The highest BCUT2D eigenvalue weighted by Gasteiger charge is 2.17. The second-order valence-corrected chi connectivity index (χ2v) is 8.88. The van der Waals surface area contributed by atoms with Crippen LogP contribution in [0.5, 0.6) is 0 Å². The summed E-state index contributed by atoms with van der Waals surface area (Å²) in [6.07, 6.45) is 2.16. The second kappa shape index (κ2) is 10.0. The van der Waals surface area contributed by atoms with Crippen LogP contribution in [0, 0.1) is 13.8 Å². The van der Waals surface area contributed by atoms with E-state index in [9.17, 15) is 8.42 Å². The zero-order chi connectivity index (χ0) is 22.4. The molecule has 2 heterocycles. The Morgan fingerprint density at radius 1 is 1.19 bits per heavy atom. The Bertz CT molecular complexity index is 1170. The van der Waals surface area contributed by atoms with Gasteiger partial charge in [-0.15, -0.1) is 0 Å². The van der Waals surface area contributed by atoms with Crippen LogP contribution in [0.3, 0.4) is 0 Å². The Hall–Kier alpha value is -2.75. The van der Waals surface area contributed by atoms with E-state index < -0.39 is 10.0 Å². The summed E-state index contributed by atoms with van der Waals surface area (Å²) >= 11 is 0. The molecule has 31 heavy (non-hydrogen) atoms. The van der Waals surface area contributed by atoms with E-state index in [0.29, 0.717) is 44.1 Å². The third kappa shape index (κ3) is 5.69. The molecule has 0 radical (unpaired) electrons. The van der Waals surface area contributed by atoms with Crippen molar-refractivity contribution in [2.45, 2.75) is 40.3 Å². The number of imidazole rings is 1. The van der Waals surface area contributed by atoms with Gasteiger partial charge in [0.2, 0.25) is 10.0 Å². The maximum atomic E-state index is 12.3. The minimum atomic E-state index is -3.52. The first-order valence-corrected chi connectivity index (χ1v) is 11.8. The van der Waals surface area contributed by atoms with Crippen molar-refractivity contribution in [3.8, 4) is 0 Å². The van der Waals surface area contributed by atoms with Crippen molar-refractivity contribution in [3.63, 3.8) is 0 Å². The topological polar surface area (TPSA) is 112 Å². The molecule has 3 aromatic rings. The molecule has 0 fully saturated rings. The van der Waals surface area contributed by atoms with Gasteiger partial charge >= 0.3 is 0 Å². The lowest BCUT2D eigenvalue weighted by Crippen LogP contribution is -2.23. The molecule has 166 valence electrons. The van der Waals surface area contributed by atoms with E-state index >= 15 is 0 Å². The van der Waals surface area contributed by atoms with Gasteiger partial charge in [0, 0.05) is 30.8 Å². The third-order valence-corrected chi connectivity index (χ3v) is 6.11. The van der Waals surface area contributed by atoms with E-state index in [1.807, 2.05) is 51.1 Å². The van der Waals surface area contributed by atoms with Crippen LogP contribution in [0.2, 0.25) is 0 Å². The van der Waals surface area contributed by atoms with Gasteiger partial charge in [-0.2, -0.15) is 0 Å². The fourth-order valence-corrected chi connectivity index (χ4v) is 4.18. The highest BCUT2D eigenvalue weighted by atomic mass is 32.2. The van der Waals surface area contributed by atoms with E-state index in [1.165, 1.54) is 5.41 Å². The molecule has 0 bridgehead atoms. The summed E-state index contributed by atoms with van der Waals surface area (Å²) in [5.74, 6) is 1.15. The van der Waals surface area contributed by atoms with Crippen molar-refractivity contribution in [1.29, 1.82) is 0 Å². The van der Waals surface area contributed by atoms with Gasteiger partial charge in [-0.1, -0.05) is 30.3 Å². The van der Waals surface area contributed by atoms with Crippen LogP contribution in [-0.2, 0) is 27.9 Å². The highest BCUT2D eigenvalue weighted by molar-refractivity contribution is 7.92. The number of hydrogen-bond donors (Lipinski definition) is 2. The average molecular weight is 444 g/mol. The molecule has 0 atom stereocenters. The normalized spacial score (nSPS) is 12.2. The summed E-state index contributed by atoms with van der Waals surface area (Å²) in [5, 5.41) is 1.19. The molecule has 0 unspecified atom stereocenters. The van der Waals surface area contributed by atoms with Gasteiger partial charge in [0.1, 0.15) is 17.9 Å². The first kappa shape index (κ1) is 22.9. The number of sulfonamides is 1. The molecule has 0 spiro atoms. The Morgan fingerprint density at radius 2 is 1.94 bits per heavy atom. The maximum Gasteiger partial charge on any atom is 0.233 e. The first-order chi connectivity index (χ1) is 14.8. The van der Waals surface area contributed by atoms with Crippen molar-refractivity contribution >= 4 is 33.0 Å². The molecule has 0 amide bonds. The van der Waals surface area contributed by atoms with Gasteiger partial charge in [-0.05, 0) is 44.4 Å². The molecule has 0 aliphatic carbocycles. The van der Waals surface area contributed by atoms with Crippen LogP contribution in [0.25, 0.3) is 17.1 Å². The number of aryl methyl sites for hydroxylation is 3. The summed E-state index contributed by atoms with van der Waals surface area (Å²) in [7, 11) is -3.52. The Morgan fingerprint density at radius 3 is 2.65 bits per heavy atom. The first-order valence-electron chi connectivity index (χ1n) is 10.2. The monoisotopic (exact) mass is 443 g/mol. The average Bonchev–Trinajstić information content (AvgIpc) is 3.12. The van der Waals surface area contributed by atoms with Crippen molar-refractivity contribution in [3.05, 3.63) is 58.4 Å². The van der Waals surface area contributed by atoms with Crippen LogP contribution in [0.1, 0.15) is 36.0 Å². The summed E-state index contributed by atoms with van der Waals surface area (Å²) in [6.45, 7) is 7.64. The smallest absolute Gasteiger partial charge is 0.233 e. The fraction of sp³-hybridized carbons (Fsp3) is 0.364. The van der Waals surface area contributed by atoms with E-state index in [-0.39, 0.29) is 0 Å². The molecule has 8 nitrogen and oxygen atoms in total.